The number of esters is 1. The number of carbonyl (C=O) groups excluding carboxylic acids is 2. The van der Waals surface area contributed by atoms with Crippen LogP contribution in [0.2, 0.25) is 5.02 Å². The van der Waals surface area contributed by atoms with Crippen molar-refractivity contribution in [3.05, 3.63) is 69.6 Å². The summed E-state index contributed by atoms with van der Waals surface area (Å²) in [6.45, 7) is 1.60. The van der Waals surface area contributed by atoms with E-state index in [4.69, 9.17) is 25.8 Å². The minimum atomic E-state index is -0.676. The van der Waals surface area contributed by atoms with Gasteiger partial charge in [-0.25, -0.2) is 9.18 Å². The third-order valence-corrected chi connectivity index (χ3v) is 4.97. The lowest BCUT2D eigenvalue weighted by Crippen LogP contribution is -2.24. The van der Waals surface area contributed by atoms with E-state index in [-0.39, 0.29) is 16.2 Å². The molecule has 156 valence electrons. The summed E-state index contributed by atoms with van der Waals surface area (Å²) in [6.07, 6.45) is 1.53. The number of anilines is 1. The molecule has 8 heteroatoms. The Kier molecular flexibility index (Phi) is 6.12. The number of ether oxygens (including phenoxy) is 3. The van der Waals surface area contributed by atoms with Crippen molar-refractivity contribution >= 4 is 35.2 Å². The number of hydrogen-bond donors (Lipinski definition) is 0. The van der Waals surface area contributed by atoms with Crippen LogP contribution in [0.25, 0.3) is 6.08 Å². The van der Waals surface area contributed by atoms with Gasteiger partial charge in [-0.3, -0.25) is 9.69 Å². The highest BCUT2D eigenvalue weighted by Crippen LogP contribution is 2.39. The van der Waals surface area contributed by atoms with Crippen LogP contribution in [-0.4, -0.2) is 33.2 Å². The second-order valence-electron chi connectivity index (χ2n) is 6.33. The van der Waals surface area contributed by atoms with Crippen molar-refractivity contribution in [2.45, 2.75) is 6.92 Å². The number of methoxy groups -OCH3 is 3. The molecule has 1 aliphatic heterocycles. The van der Waals surface area contributed by atoms with Gasteiger partial charge in [-0.2, -0.15) is 0 Å². The van der Waals surface area contributed by atoms with Crippen molar-refractivity contribution in [1.82, 2.24) is 0 Å². The van der Waals surface area contributed by atoms with Crippen LogP contribution in [0.1, 0.15) is 12.5 Å². The number of benzene rings is 2. The lowest BCUT2D eigenvalue weighted by molar-refractivity contribution is -0.136. The monoisotopic (exact) mass is 431 g/mol. The molecule has 0 bridgehead atoms. The summed E-state index contributed by atoms with van der Waals surface area (Å²) in [4.78, 5) is 27.1. The van der Waals surface area contributed by atoms with Crippen LogP contribution in [0.4, 0.5) is 10.1 Å². The number of hydrogen-bond acceptors (Lipinski definition) is 5. The second kappa shape index (κ2) is 8.59. The number of halogens is 2. The van der Waals surface area contributed by atoms with Gasteiger partial charge in [0, 0.05) is 11.3 Å². The zero-order chi connectivity index (χ0) is 22.0. The zero-order valence-electron chi connectivity index (χ0n) is 16.8. The number of nitrogens with zero attached hydrogens (tertiary/aromatic N) is 1. The van der Waals surface area contributed by atoms with Gasteiger partial charge in [-0.05, 0) is 37.3 Å². The first-order valence-electron chi connectivity index (χ1n) is 8.85. The first kappa shape index (κ1) is 21.4. The molecular formula is C22H19ClFNO5. The van der Waals surface area contributed by atoms with Crippen LogP contribution in [0.3, 0.4) is 0 Å². The Balaban J connectivity index is 2.20. The van der Waals surface area contributed by atoms with Gasteiger partial charge < -0.3 is 14.2 Å². The summed E-state index contributed by atoms with van der Waals surface area (Å²) in [7, 11) is 4.21. The van der Waals surface area contributed by atoms with Crippen molar-refractivity contribution in [3.63, 3.8) is 0 Å². The second-order valence-corrected chi connectivity index (χ2v) is 6.74. The van der Waals surface area contributed by atoms with E-state index in [0.29, 0.717) is 28.4 Å². The lowest BCUT2D eigenvalue weighted by atomic mass is 10.0. The Morgan fingerprint density at radius 3 is 2.47 bits per heavy atom. The predicted octanol–water partition coefficient (Wildman–Crippen LogP) is 4.37. The molecule has 0 aliphatic carbocycles. The third kappa shape index (κ3) is 3.64. The van der Waals surface area contributed by atoms with Gasteiger partial charge in [-0.1, -0.05) is 23.7 Å². The van der Waals surface area contributed by atoms with Crippen LogP contribution in [-0.2, 0) is 14.3 Å². The Bertz CT molecular complexity index is 1090. The molecule has 0 saturated carbocycles. The molecule has 2 aromatic rings. The number of allylic oxidation sites excluding steroid dienone is 1. The maximum atomic E-state index is 13.6. The molecule has 1 aliphatic rings. The van der Waals surface area contributed by atoms with Gasteiger partial charge in [0.05, 0.1) is 43.2 Å². The molecule has 0 saturated heterocycles. The van der Waals surface area contributed by atoms with E-state index in [1.165, 1.54) is 44.4 Å². The fraction of sp³-hybridized carbons (Fsp3) is 0.182. The summed E-state index contributed by atoms with van der Waals surface area (Å²) in [5.41, 5.74) is 1.39. The predicted molar refractivity (Wildman–Crippen MR) is 111 cm³/mol. The fourth-order valence-electron chi connectivity index (χ4n) is 3.30. The van der Waals surface area contributed by atoms with E-state index < -0.39 is 17.7 Å². The van der Waals surface area contributed by atoms with Gasteiger partial charge in [0.15, 0.2) is 11.5 Å². The van der Waals surface area contributed by atoms with Crippen molar-refractivity contribution in [1.29, 1.82) is 0 Å². The minimum Gasteiger partial charge on any atom is -0.493 e. The molecule has 0 unspecified atom stereocenters. The highest BCUT2D eigenvalue weighted by Gasteiger charge is 2.38. The molecule has 0 atom stereocenters. The summed E-state index contributed by atoms with van der Waals surface area (Å²) >= 11 is 5.89. The average Bonchev–Trinajstić information content (AvgIpc) is 2.98. The van der Waals surface area contributed by atoms with Gasteiger partial charge in [0.1, 0.15) is 5.82 Å². The average molecular weight is 432 g/mol. The number of amides is 1. The van der Waals surface area contributed by atoms with E-state index in [2.05, 4.69) is 0 Å². The van der Waals surface area contributed by atoms with Crippen LogP contribution in [0.5, 0.6) is 11.5 Å². The molecule has 0 radical (unpaired) electrons. The van der Waals surface area contributed by atoms with Gasteiger partial charge in [-0.15, -0.1) is 0 Å². The Morgan fingerprint density at radius 2 is 1.87 bits per heavy atom. The number of carbonyl (C=O) groups is 2. The van der Waals surface area contributed by atoms with Crippen LogP contribution in [0, 0.1) is 5.82 Å². The van der Waals surface area contributed by atoms with Crippen LogP contribution < -0.4 is 14.4 Å². The number of para-hydroxylation sites is 1. The number of rotatable bonds is 5. The summed E-state index contributed by atoms with van der Waals surface area (Å²) in [5.74, 6) is -0.894. The first-order chi connectivity index (χ1) is 14.3. The van der Waals surface area contributed by atoms with Gasteiger partial charge >= 0.3 is 5.97 Å². The molecular weight excluding hydrogens is 413 g/mol. The lowest BCUT2D eigenvalue weighted by Gasteiger charge is -2.18. The van der Waals surface area contributed by atoms with E-state index in [9.17, 15) is 14.0 Å². The van der Waals surface area contributed by atoms with Crippen molar-refractivity contribution in [3.8, 4) is 11.5 Å². The molecule has 0 fully saturated rings. The summed E-state index contributed by atoms with van der Waals surface area (Å²) in [6, 6.07) is 9.06. The highest BCUT2D eigenvalue weighted by atomic mass is 35.5. The normalized spacial score (nSPS) is 15.1. The van der Waals surface area contributed by atoms with E-state index >= 15 is 0 Å². The van der Waals surface area contributed by atoms with Gasteiger partial charge in [0.2, 0.25) is 0 Å². The largest absolute Gasteiger partial charge is 0.493 e. The summed E-state index contributed by atoms with van der Waals surface area (Å²) in [5, 5.41) is -0.139. The SMILES string of the molecule is COC(=O)C1=C(C)N(c2ccc(F)c(Cl)c2)C(=O)/C1=C\c1cccc(OC)c1OC. The molecule has 0 N–H and O–H groups in total. The third-order valence-electron chi connectivity index (χ3n) is 4.68. The van der Waals surface area contributed by atoms with E-state index in [0.717, 1.165) is 6.07 Å². The molecule has 0 spiro atoms. The Hall–Kier alpha value is -3.32. The molecule has 1 amide bonds. The van der Waals surface area contributed by atoms with E-state index in [1.54, 1.807) is 25.1 Å². The summed E-state index contributed by atoms with van der Waals surface area (Å²) < 4.78 is 29.2. The minimum absolute atomic E-state index is 0.0906. The quantitative estimate of drug-likeness (QED) is 0.519. The maximum absolute atomic E-state index is 13.6. The first-order valence-corrected chi connectivity index (χ1v) is 9.23. The smallest absolute Gasteiger partial charge is 0.340 e. The zero-order valence-corrected chi connectivity index (χ0v) is 17.5. The van der Waals surface area contributed by atoms with Crippen molar-refractivity contribution in [2.24, 2.45) is 0 Å². The fourth-order valence-corrected chi connectivity index (χ4v) is 3.47. The Morgan fingerprint density at radius 1 is 1.13 bits per heavy atom. The van der Waals surface area contributed by atoms with Crippen LogP contribution >= 0.6 is 11.6 Å². The van der Waals surface area contributed by atoms with Crippen molar-refractivity contribution in [2.75, 3.05) is 26.2 Å². The Labute approximate surface area is 178 Å². The molecule has 1 heterocycles. The molecule has 2 aromatic carbocycles. The molecule has 6 nitrogen and oxygen atoms in total. The topological polar surface area (TPSA) is 65.1 Å². The van der Waals surface area contributed by atoms with E-state index in [1.807, 2.05) is 0 Å². The molecule has 30 heavy (non-hydrogen) atoms. The molecule has 3 rings (SSSR count). The standard InChI is InChI=1S/C22H19ClFNO5/c1-12-19(22(27)30-4)15(10-13-6-5-7-18(28-2)20(13)29-3)21(26)25(12)14-8-9-17(24)16(23)11-14/h5-11H,1-4H3/b15-10-. The van der Waals surface area contributed by atoms with Gasteiger partial charge in [0.25, 0.3) is 5.91 Å². The van der Waals surface area contributed by atoms with Crippen LogP contribution in [0.15, 0.2) is 53.2 Å². The maximum Gasteiger partial charge on any atom is 0.340 e. The van der Waals surface area contributed by atoms with Crippen molar-refractivity contribution < 1.29 is 28.2 Å². The molecule has 0 aromatic heterocycles. The highest BCUT2D eigenvalue weighted by molar-refractivity contribution is 6.31.